The summed E-state index contributed by atoms with van der Waals surface area (Å²) < 4.78 is 18.8. The van der Waals surface area contributed by atoms with Gasteiger partial charge in [0.15, 0.2) is 0 Å². The number of hydrogen-bond acceptors (Lipinski definition) is 2. The average molecular weight is 245 g/mol. The Labute approximate surface area is 106 Å². The maximum Gasteiger partial charge on any atom is 0.132 e. The van der Waals surface area contributed by atoms with Crippen molar-refractivity contribution < 1.29 is 9.13 Å². The van der Waals surface area contributed by atoms with Gasteiger partial charge in [-0.25, -0.2) is 4.39 Å². The molecular weight excluding hydrogens is 229 g/mol. The van der Waals surface area contributed by atoms with Crippen LogP contribution in [0.25, 0.3) is 0 Å². The maximum atomic E-state index is 13.0. The average Bonchev–Trinajstić information content (AvgIpc) is 2.33. The summed E-state index contributed by atoms with van der Waals surface area (Å²) in [6, 6.07) is 12.0. The van der Waals surface area contributed by atoms with E-state index >= 15 is 0 Å². The largest absolute Gasteiger partial charge is 0.457 e. The van der Waals surface area contributed by atoms with E-state index < -0.39 is 0 Å². The summed E-state index contributed by atoms with van der Waals surface area (Å²) in [5.41, 5.74) is 7.58. The third kappa shape index (κ3) is 2.68. The normalized spacial score (nSPS) is 12.2. The first-order valence-corrected chi connectivity index (χ1v) is 5.86. The number of halogens is 1. The number of aryl methyl sites for hydroxylation is 1. The summed E-state index contributed by atoms with van der Waals surface area (Å²) in [6.45, 7) is 3.71. The van der Waals surface area contributed by atoms with Crippen molar-refractivity contribution in [2.45, 2.75) is 19.9 Å². The van der Waals surface area contributed by atoms with Gasteiger partial charge in [0, 0.05) is 11.6 Å². The molecule has 2 nitrogen and oxygen atoms in total. The van der Waals surface area contributed by atoms with Crippen LogP contribution in [0.2, 0.25) is 0 Å². The second-order valence-corrected chi connectivity index (χ2v) is 4.34. The standard InChI is InChI=1S/C15H16FNO/c1-10-9-12(16)7-8-14(10)18-15-6-4-3-5-13(15)11(2)17/h3-9,11H,17H2,1-2H3/t11-/m0/s1. The SMILES string of the molecule is Cc1cc(F)ccc1Oc1ccccc1[C@H](C)N. The van der Waals surface area contributed by atoms with Crippen molar-refractivity contribution in [2.24, 2.45) is 5.73 Å². The van der Waals surface area contributed by atoms with Gasteiger partial charge in [-0.2, -0.15) is 0 Å². The number of hydrogen-bond donors (Lipinski definition) is 1. The number of para-hydroxylation sites is 1. The molecule has 94 valence electrons. The van der Waals surface area contributed by atoms with E-state index in [0.29, 0.717) is 11.5 Å². The third-order valence-electron chi connectivity index (χ3n) is 2.77. The highest BCUT2D eigenvalue weighted by molar-refractivity contribution is 5.42. The molecule has 2 rings (SSSR count). The minimum Gasteiger partial charge on any atom is -0.457 e. The van der Waals surface area contributed by atoms with Crippen LogP contribution in [0.15, 0.2) is 42.5 Å². The summed E-state index contributed by atoms with van der Waals surface area (Å²) >= 11 is 0. The molecule has 0 saturated heterocycles. The van der Waals surface area contributed by atoms with Crippen LogP contribution >= 0.6 is 0 Å². The van der Waals surface area contributed by atoms with Crippen LogP contribution in [0.1, 0.15) is 24.1 Å². The molecule has 2 aromatic rings. The lowest BCUT2D eigenvalue weighted by Gasteiger charge is -2.14. The van der Waals surface area contributed by atoms with Gasteiger partial charge in [0.25, 0.3) is 0 Å². The molecular formula is C15H16FNO. The van der Waals surface area contributed by atoms with Gasteiger partial charge >= 0.3 is 0 Å². The van der Waals surface area contributed by atoms with Crippen LogP contribution in [0.5, 0.6) is 11.5 Å². The fourth-order valence-electron chi connectivity index (χ4n) is 1.80. The first-order valence-electron chi connectivity index (χ1n) is 5.86. The van der Waals surface area contributed by atoms with E-state index in [0.717, 1.165) is 11.1 Å². The number of rotatable bonds is 3. The van der Waals surface area contributed by atoms with Crippen LogP contribution in [0.4, 0.5) is 4.39 Å². The Balaban J connectivity index is 2.34. The van der Waals surface area contributed by atoms with Crippen LogP contribution in [-0.2, 0) is 0 Å². The molecule has 0 saturated carbocycles. The first-order chi connectivity index (χ1) is 8.58. The summed E-state index contributed by atoms with van der Waals surface area (Å²) in [6.07, 6.45) is 0. The van der Waals surface area contributed by atoms with E-state index in [4.69, 9.17) is 10.5 Å². The number of nitrogens with two attached hydrogens (primary N) is 1. The van der Waals surface area contributed by atoms with Crippen molar-refractivity contribution in [3.8, 4) is 11.5 Å². The molecule has 0 aliphatic heterocycles. The summed E-state index contributed by atoms with van der Waals surface area (Å²) in [5, 5.41) is 0. The fourth-order valence-corrected chi connectivity index (χ4v) is 1.80. The zero-order valence-corrected chi connectivity index (χ0v) is 10.5. The molecule has 2 aromatic carbocycles. The minimum absolute atomic E-state index is 0.109. The van der Waals surface area contributed by atoms with E-state index in [-0.39, 0.29) is 11.9 Å². The monoisotopic (exact) mass is 245 g/mol. The van der Waals surface area contributed by atoms with E-state index in [1.165, 1.54) is 12.1 Å². The second-order valence-electron chi connectivity index (χ2n) is 4.34. The Morgan fingerprint density at radius 1 is 1.11 bits per heavy atom. The van der Waals surface area contributed by atoms with Crippen molar-refractivity contribution in [2.75, 3.05) is 0 Å². The fraction of sp³-hybridized carbons (Fsp3) is 0.200. The highest BCUT2D eigenvalue weighted by Gasteiger charge is 2.09. The zero-order chi connectivity index (χ0) is 13.1. The van der Waals surface area contributed by atoms with Crippen molar-refractivity contribution in [3.63, 3.8) is 0 Å². The topological polar surface area (TPSA) is 35.2 Å². The van der Waals surface area contributed by atoms with Gasteiger partial charge in [0.05, 0.1) is 0 Å². The van der Waals surface area contributed by atoms with Gasteiger partial charge in [0.1, 0.15) is 17.3 Å². The Morgan fingerprint density at radius 3 is 2.50 bits per heavy atom. The molecule has 0 aromatic heterocycles. The van der Waals surface area contributed by atoms with E-state index in [2.05, 4.69) is 0 Å². The lowest BCUT2D eigenvalue weighted by molar-refractivity contribution is 0.466. The van der Waals surface area contributed by atoms with Gasteiger partial charge in [0.2, 0.25) is 0 Å². The molecule has 3 heteroatoms. The van der Waals surface area contributed by atoms with Gasteiger partial charge < -0.3 is 10.5 Å². The molecule has 0 fully saturated rings. The quantitative estimate of drug-likeness (QED) is 0.888. The van der Waals surface area contributed by atoms with Crippen molar-refractivity contribution in [1.29, 1.82) is 0 Å². The molecule has 1 atom stereocenters. The van der Waals surface area contributed by atoms with E-state index in [1.54, 1.807) is 6.07 Å². The lowest BCUT2D eigenvalue weighted by atomic mass is 10.1. The third-order valence-corrected chi connectivity index (χ3v) is 2.77. The van der Waals surface area contributed by atoms with Crippen LogP contribution in [-0.4, -0.2) is 0 Å². The van der Waals surface area contributed by atoms with Crippen LogP contribution in [0.3, 0.4) is 0 Å². The molecule has 2 N–H and O–H groups in total. The first kappa shape index (κ1) is 12.6. The molecule has 0 aliphatic carbocycles. The summed E-state index contributed by atoms with van der Waals surface area (Å²) in [5.74, 6) is 1.09. The van der Waals surface area contributed by atoms with Crippen molar-refractivity contribution >= 4 is 0 Å². The van der Waals surface area contributed by atoms with Gasteiger partial charge in [-0.1, -0.05) is 18.2 Å². The van der Waals surface area contributed by atoms with E-state index in [1.807, 2.05) is 38.1 Å². The summed E-state index contributed by atoms with van der Waals surface area (Å²) in [4.78, 5) is 0. The zero-order valence-electron chi connectivity index (χ0n) is 10.5. The Kier molecular flexibility index (Phi) is 3.63. The molecule has 0 radical (unpaired) electrons. The van der Waals surface area contributed by atoms with Crippen LogP contribution in [0, 0.1) is 12.7 Å². The van der Waals surface area contributed by atoms with E-state index in [9.17, 15) is 4.39 Å². The Bertz CT molecular complexity index is 552. The lowest BCUT2D eigenvalue weighted by Crippen LogP contribution is -2.06. The molecule has 0 bridgehead atoms. The Hall–Kier alpha value is -1.87. The number of benzene rings is 2. The Morgan fingerprint density at radius 2 is 1.83 bits per heavy atom. The van der Waals surface area contributed by atoms with Gasteiger partial charge in [-0.05, 0) is 43.7 Å². The summed E-state index contributed by atoms with van der Waals surface area (Å²) in [7, 11) is 0. The molecule has 18 heavy (non-hydrogen) atoms. The van der Waals surface area contributed by atoms with Gasteiger partial charge in [-0.3, -0.25) is 0 Å². The molecule has 0 spiro atoms. The predicted molar refractivity (Wildman–Crippen MR) is 70.3 cm³/mol. The van der Waals surface area contributed by atoms with Gasteiger partial charge in [-0.15, -0.1) is 0 Å². The highest BCUT2D eigenvalue weighted by Crippen LogP contribution is 2.30. The number of ether oxygens (including phenoxy) is 1. The van der Waals surface area contributed by atoms with Crippen molar-refractivity contribution in [3.05, 3.63) is 59.4 Å². The smallest absolute Gasteiger partial charge is 0.132 e. The van der Waals surface area contributed by atoms with Crippen molar-refractivity contribution in [1.82, 2.24) is 0 Å². The maximum absolute atomic E-state index is 13.0. The van der Waals surface area contributed by atoms with Crippen LogP contribution < -0.4 is 10.5 Å². The molecule has 0 aliphatic rings. The molecule has 0 heterocycles. The molecule has 0 amide bonds. The molecule has 0 unspecified atom stereocenters. The predicted octanol–water partition coefficient (Wildman–Crippen LogP) is 3.95. The minimum atomic E-state index is -0.264. The second kappa shape index (κ2) is 5.19. The highest BCUT2D eigenvalue weighted by atomic mass is 19.1.